The zero-order chi connectivity index (χ0) is 19.6. The molecule has 0 radical (unpaired) electrons. The van der Waals surface area contributed by atoms with Gasteiger partial charge in [-0.3, -0.25) is 0 Å². The molecule has 3 fully saturated rings. The van der Waals surface area contributed by atoms with E-state index >= 15 is 0 Å². The Balaban J connectivity index is 1.26. The first-order valence-corrected chi connectivity index (χ1v) is 11.9. The van der Waals surface area contributed by atoms with Gasteiger partial charge in [0, 0.05) is 17.8 Å². The SMILES string of the molecule is CCC/C=C/[C@H]1CO[C@H](CC[C@H]2CO[C@H](C3CCC(CCC)CC3)OC2)OC1. The number of hydrogen-bond donors (Lipinski definition) is 0. The number of unbranched alkanes of at least 4 members (excludes halogenated alkanes) is 1. The molecule has 1 aliphatic carbocycles. The smallest absolute Gasteiger partial charge is 0.160 e. The summed E-state index contributed by atoms with van der Waals surface area (Å²) in [6, 6.07) is 0. The fraction of sp³-hybridized carbons (Fsp3) is 0.917. The lowest BCUT2D eigenvalue weighted by molar-refractivity contribution is -0.235. The Hall–Kier alpha value is -0.420. The van der Waals surface area contributed by atoms with Gasteiger partial charge in [-0.15, -0.1) is 0 Å². The Kier molecular flexibility index (Phi) is 9.79. The summed E-state index contributed by atoms with van der Waals surface area (Å²) in [5, 5.41) is 0. The third-order valence-corrected chi connectivity index (χ3v) is 6.63. The van der Waals surface area contributed by atoms with Crippen molar-refractivity contribution < 1.29 is 18.9 Å². The maximum absolute atomic E-state index is 6.12. The van der Waals surface area contributed by atoms with E-state index in [1.807, 2.05) is 0 Å². The third kappa shape index (κ3) is 7.12. The standard InChI is InChI=1S/C24H42O4/c1-3-5-6-8-20-15-25-23(26-16-20)14-11-21-17-27-24(28-18-21)22-12-9-19(7-4-2)10-13-22/h6,8,19-24H,3-5,7,9-18H2,1-2H3/b8-6+/t19?,20-,21-,22?,23-,24-. The maximum atomic E-state index is 6.12. The second-order valence-electron chi connectivity index (χ2n) is 9.12. The molecular formula is C24H42O4. The fourth-order valence-corrected chi connectivity index (χ4v) is 4.82. The normalized spacial score (nSPS) is 37.4. The largest absolute Gasteiger partial charge is 0.352 e. The Morgan fingerprint density at radius 3 is 2.07 bits per heavy atom. The molecule has 0 aromatic carbocycles. The van der Waals surface area contributed by atoms with Crippen LogP contribution in [0.4, 0.5) is 0 Å². The molecule has 2 saturated heterocycles. The van der Waals surface area contributed by atoms with Gasteiger partial charge in [-0.2, -0.15) is 0 Å². The van der Waals surface area contributed by atoms with E-state index in [-0.39, 0.29) is 12.6 Å². The number of hydrogen-bond acceptors (Lipinski definition) is 4. The third-order valence-electron chi connectivity index (χ3n) is 6.63. The van der Waals surface area contributed by atoms with Crippen LogP contribution in [-0.2, 0) is 18.9 Å². The van der Waals surface area contributed by atoms with Crippen LogP contribution in [0.1, 0.15) is 78.1 Å². The van der Waals surface area contributed by atoms with Gasteiger partial charge in [0.2, 0.25) is 0 Å². The summed E-state index contributed by atoms with van der Waals surface area (Å²) in [5.41, 5.74) is 0. The van der Waals surface area contributed by atoms with Crippen LogP contribution in [0.3, 0.4) is 0 Å². The van der Waals surface area contributed by atoms with Crippen LogP contribution in [0, 0.1) is 23.7 Å². The van der Waals surface area contributed by atoms with Crippen LogP contribution in [-0.4, -0.2) is 39.0 Å². The molecule has 2 aliphatic heterocycles. The lowest BCUT2D eigenvalue weighted by Gasteiger charge is -2.38. The molecule has 1 saturated carbocycles. The zero-order valence-corrected chi connectivity index (χ0v) is 18.2. The van der Waals surface area contributed by atoms with Crippen LogP contribution < -0.4 is 0 Å². The summed E-state index contributed by atoms with van der Waals surface area (Å²) >= 11 is 0. The summed E-state index contributed by atoms with van der Waals surface area (Å²) in [6.07, 6.45) is 16.8. The Bertz CT molecular complexity index is 428. The van der Waals surface area contributed by atoms with Crippen LogP contribution in [0.25, 0.3) is 0 Å². The molecule has 0 aromatic rings. The summed E-state index contributed by atoms with van der Waals surface area (Å²) in [7, 11) is 0. The van der Waals surface area contributed by atoms with Crippen LogP contribution in [0.15, 0.2) is 12.2 Å². The minimum Gasteiger partial charge on any atom is -0.352 e. The highest BCUT2D eigenvalue weighted by Crippen LogP contribution is 2.36. The Labute approximate surface area is 172 Å². The molecule has 28 heavy (non-hydrogen) atoms. The number of ether oxygens (including phenoxy) is 4. The molecule has 0 bridgehead atoms. The first-order valence-electron chi connectivity index (χ1n) is 11.9. The van der Waals surface area contributed by atoms with Crippen molar-refractivity contribution in [2.75, 3.05) is 26.4 Å². The zero-order valence-electron chi connectivity index (χ0n) is 18.2. The van der Waals surface area contributed by atoms with Crippen molar-refractivity contribution in [3.63, 3.8) is 0 Å². The molecule has 3 rings (SSSR count). The molecular weight excluding hydrogens is 352 g/mol. The highest BCUT2D eigenvalue weighted by molar-refractivity contribution is 4.89. The highest BCUT2D eigenvalue weighted by atomic mass is 16.7. The van der Waals surface area contributed by atoms with Crippen molar-refractivity contribution in [2.24, 2.45) is 23.7 Å². The molecule has 2 heterocycles. The molecule has 4 heteroatoms. The Morgan fingerprint density at radius 2 is 1.43 bits per heavy atom. The van der Waals surface area contributed by atoms with Crippen molar-refractivity contribution in [3.05, 3.63) is 12.2 Å². The fourth-order valence-electron chi connectivity index (χ4n) is 4.82. The van der Waals surface area contributed by atoms with E-state index in [4.69, 9.17) is 18.9 Å². The second-order valence-corrected chi connectivity index (χ2v) is 9.12. The van der Waals surface area contributed by atoms with Crippen LogP contribution in [0.5, 0.6) is 0 Å². The topological polar surface area (TPSA) is 36.9 Å². The van der Waals surface area contributed by atoms with E-state index in [1.165, 1.54) is 44.9 Å². The van der Waals surface area contributed by atoms with Gasteiger partial charge < -0.3 is 18.9 Å². The summed E-state index contributed by atoms with van der Waals surface area (Å²) in [5.74, 6) is 2.44. The van der Waals surface area contributed by atoms with E-state index in [2.05, 4.69) is 26.0 Å². The average Bonchev–Trinajstić information content (AvgIpc) is 2.75. The van der Waals surface area contributed by atoms with E-state index < -0.39 is 0 Å². The predicted molar refractivity (Wildman–Crippen MR) is 112 cm³/mol. The van der Waals surface area contributed by atoms with Gasteiger partial charge in [-0.1, -0.05) is 45.3 Å². The van der Waals surface area contributed by atoms with E-state index in [0.717, 1.165) is 51.6 Å². The van der Waals surface area contributed by atoms with Crippen molar-refractivity contribution in [1.29, 1.82) is 0 Å². The lowest BCUT2D eigenvalue weighted by Crippen LogP contribution is -2.39. The summed E-state index contributed by atoms with van der Waals surface area (Å²) in [4.78, 5) is 0. The predicted octanol–water partition coefficient (Wildman–Crippen LogP) is 5.71. The summed E-state index contributed by atoms with van der Waals surface area (Å²) in [6.45, 7) is 7.72. The minimum atomic E-state index is -0.0533. The van der Waals surface area contributed by atoms with E-state index in [9.17, 15) is 0 Å². The molecule has 0 atom stereocenters. The molecule has 0 spiro atoms. The van der Waals surface area contributed by atoms with Crippen molar-refractivity contribution in [3.8, 4) is 0 Å². The van der Waals surface area contributed by atoms with Gasteiger partial charge in [-0.05, 0) is 50.9 Å². The van der Waals surface area contributed by atoms with Crippen molar-refractivity contribution >= 4 is 0 Å². The molecule has 3 aliphatic rings. The second kappa shape index (κ2) is 12.3. The summed E-state index contributed by atoms with van der Waals surface area (Å²) < 4.78 is 24.1. The first-order chi connectivity index (χ1) is 13.8. The number of allylic oxidation sites excluding steroid dienone is 1. The van der Waals surface area contributed by atoms with Gasteiger partial charge in [-0.25, -0.2) is 0 Å². The van der Waals surface area contributed by atoms with Crippen molar-refractivity contribution in [1.82, 2.24) is 0 Å². The molecule has 0 N–H and O–H groups in total. The average molecular weight is 395 g/mol. The minimum absolute atomic E-state index is 0.0386. The van der Waals surface area contributed by atoms with Gasteiger partial charge in [0.1, 0.15) is 0 Å². The van der Waals surface area contributed by atoms with Gasteiger partial charge in [0.05, 0.1) is 26.4 Å². The van der Waals surface area contributed by atoms with E-state index in [0.29, 0.717) is 17.8 Å². The maximum Gasteiger partial charge on any atom is 0.160 e. The Morgan fingerprint density at radius 1 is 0.714 bits per heavy atom. The lowest BCUT2D eigenvalue weighted by atomic mass is 9.79. The highest BCUT2D eigenvalue weighted by Gasteiger charge is 2.32. The van der Waals surface area contributed by atoms with Gasteiger partial charge >= 0.3 is 0 Å². The quantitative estimate of drug-likeness (QED) is 0.470. The van der Waals surface area contributed by atoms with Crippen LogP contribution in [0.2, 0.25) is 0 Å². The number of rotatable bonds is 9. The molecule has 0 unspecified atom stereocenters. The first kappa shape index (κ1) is 22.3. The molecule has 162 valence electrons. The molecule has 0 amide bonds. The van der Waals surface area contributed by atoms with Gasteiger partial charge in [0.15, 0.2) is 12.6 Å². The van der Waals surface area contributed by atoms with Crippen LogP contribution >= 0.6 is 0 Å². The molecule has 0 aromatic heterocycles. The molecule has 4 nitrogen and oxygen atoms in total. The van der Waals surface area contributed by atoms with E-state index in [1.54, 1.807) is 0 Å². The monoisotopic (exact) mass is 394 g/mol. The van der Waals surface area contributed by atoms with Gasteiger partial charge in [0.25, 0.3) is 0 Å². The van der Waals surface area contributed by atoms with Crippen molar-refractivity contribution in [2.45, 2.75) is 90.6 Å².